The van der Waals surface area contributed by atoms with Crippen molar-refractivity contribution in [1.29, 1.82) is 0 Å². The molecular formula is C21H25N5O3. The summed E-state index contributed by atoms with van der Waals surface area (Å²) in [4.78, 5) is 14.9. The first kappa shape index (κ1) is 19.2. The van der Waals surface area contributed by atoms with E-state index in [0.717, 1.165) is 49.8 Å². The molecule has 2 aromatic heterocycles. The SMILES string of the molecule is Cc1occc1C(=O)NC(C)c1nnc2n1CCN(Cc1ccc(O)cc1)CC2. The maximum atomic E-state index is 12.5. The lowest BCUT2D eigenvalue weighted by atomic mass is 10.2. The van der Waals surface area contributed by atoms with Crippen molar-refractivity contribution in [3.8, 4) is 5.75 Å². The summed E-state index contributed by atoms with van der Waals surface area (Å²) in [5.74, 6) is 2.40. The molecule has 0 radical (unpaired) electrons. The van der Waals surface area contributed by atoms with Crippen molar-refractivity contribution >= 4 is 5.91 Å². The van der Waals surface area contributed by atoms with Gasteiger partial charge in [0, 0.05) is 32.6 Å². The molecule has 1 aliphatic rings. The number of hydrogen-bond donors (Lipinski definition) is 2. The van der Waals surface area contributed by atoms with Crippen LogP contribution in [0.2, 0.25) is 0 Å². The van der Waals surface area contributed by atoms with Gasteiger partial charge in [0.1, 0.15) is 17.3 Å². The number of benzene rings is 1. The zero-order valence-corrected chi connectivity index (χ0v) is 16.6. The number of aryl methyl sites for hydroxylation is 1. The Balaban J connectivity index is 1.42. The topological polar surface area (TPSA) is 96.4 Å². The minimum absolute atomic E-state index is 0.177. The molecule has 0 aliphatic carbocycles. The van der Waals surface area contributed by atoms with E-state index in [1.54, 1.807) is 25.1 Å². The van der Waals surface area contributed by atoms with Crippen LogP contribution in [0.4, 0.5) is 0 Å². The Hall–Kier alpha value is -3.13. The van der Waals surface area contributed by atoms with Crippen LogP contribution < -0.4 is 5.32 Å². The van der Waals surface area contributed by atoms with E-state index < -0.39 is 0 Å². The molecule has 0 saturated carbocycles. The van der Waals surface area contributed by atoms with Gasteiger partial charge in [-0.3, -0.25) is 9.69 Å². The summed E-state index contributed by atoms with van der Waals surface area (Å²) in [5, 5.41) is 21.1. The zero-order chi connectivity index (χ0) is 20.4. The largest absolute Gasteiger partial charge is 0.508 e. The van der Waals surface area contributed by atoms with E-state index in [1.165, 1.54) is 6.26 Å². The number of nitrogens with one attached hydrogen (secondary N) is 1. The highest BCUT2D eigenvalue weighted by Crippen LogP contribution is 2.19. The highest BCUT2D eigenvalue weighted by Gasteiger charge is 2.23. The number of phenolic OH excluding ortho intramolecular Hbond substituents is 1. The summed E-state index contributed by atoms with van der Waals surface area (Å²) >= 11 is 0. The summed E-state index contributed by atoms with van der Waals surface area (Å²) in [6.45, 7) is 7.02. The first-order valence-corrected chi connectivity index (χ1v) is 9.78. The van der Waals surface area contributed by atoms with Gasteiger partial charge in [0.05, 0.1) is 17.9 Å². The zero-order valence-electron chi connectivity index (χ0n) is 16.6. The van der Waals surface area contributed by atoms with Crippen molar-refractivity contribution in [1.82, 2.24) is 25.0 Å². The fraction of sp³-hybridized carbons (Fsp3) is 0.381. The quantitative estimate of drug-likeness (QED) is 0.689. The summed E-state index contributed by atoms with van der Waals surface area (Å²) in [6, 6.07) is 8.73. The number of aromatic hydroxyl groups is 1. The number of phenols is 1. The first-order chi connectivity index (χ1) is 14.0. The lowest BCUT2D eigenvalue weighted by Gasteiger charge is -2.20. The Bertz CT molecular complexity index is 992. The van der Waals surface area contributed by atoms with Crippen LogP contribution in [-0.2, 0) is 19.5 Å². The molecule has 8 nitrogen and oxygen atoms in total. The molecule has 152 valence electrons. The molecule has 3 aromatic rings. The number of carbonyl (C=O) groups is 1. The Morgan fingerprint density at radius 2 is 2.00 bits per heavy atom. The van der Waals surface area contributed by atoms with Crippen LogP contribution in [0.3, 0.4) is 0 Å². The average molecular weight is 395 g/mol. The van der Waals surface area contributed by atoms with Crippen molar-refractivity contribution in [2.24, 2.45) is 0 Å². The molecule has 0 bridgehead atoms. The number of nitrogens with zero attached hydrogens (tertiary/aromatic N) is 4. The van der Waals surface area contributed by atoms with Crippen LogP contribution in [0.15, 0.2) is 41.0 Å². The van der Waals surface area contributed by atoms with Crippen LogP contribution in [-0.4, -0.2) is 43.8 Å². The second-order valence-electron chi connectivity index (χ2n) is 7.40. The smallest absolute Gasteiger partial charge is 0.255 e. The molecule has 3 heterocycles. The number of furan rings is 1. The molecule has 8 heteroatoms. The van der Waals surface area contributed by atoms with E-state index in [1.807, 2.05) is 19.1 Å². The van der Waals surface area contributed by atoms with E-state index in [-0.39, 0.29) is 17.7 Å². The highest BCUT2D eigenvalue weighted by atomic mass is 16.3. The molecule has 29 heavy (non-hydrogen) atoms. The predicted molar refractivity (Wildman–Crippen MR) is 106 cm³/mol. The molecule has 1 amide bonds. The van der Waals surface area contributed by atoms with Crippen LogP contribution in [0.5, 0.6) is 5.75 Å². The molecule has 0 saturated heterocycles. The Labute approximate surface area is 169 Å². The summed E-state index contributed by atoms with van der Waals surface area (Å²) in [6.07, 6.45) is 2.31. The molecule has 2 N–H and O–H groups in total. The number of amides is 1. The number of rotatable bonds is 5. The van der Waals surface area contributed by atoms with Crippen molar-refractivity contribution in [3.63, 3.8) is 0 Å². The van der Waals surface area contributed by atoms with E-state index >= 15 is 0 Å². The molecule has 1 unspecified atom stereocenters. The normalized spacial score (nSPS) is 15.5. The predicted octanol–water partition coefficient (Wildman–Crippen LogP) is 2.43. The van der Waals surface area contributed by atoms with E-state index in [4.69, 9.17) is 4.42 Å². The van der Waals surface area contributed by atoms with Crippen molar-refractivity contribution in [2.75, 3.05) is 13.1 Å². The monoisotopic (exact) mass is 395 g/mol. The van der Waals surface area contributed by atoms with Gasteiger partial charge in [0.25, 0.3) is 5.91 Å². The highest BCUT2D eigenvalue weighted by molar-refractivity contribution is 5.95. The molecule has 0 spiro atoms. The van der Waals surface area contributed by atoms with E-state index in [9.17, 15) is 9.90 Å². The molecule has 1 aliphatic heterocycles. The average Bonchev–Trinajstić information content (AvgIpc) is 3.26. The Kier molecular flexibility index (Phi) is 5.35. The summed E-state index contributed by atoms with van der Waals surface area (Å²) < 4.78 is 7.33. The number of aromatic nitrogens is 3. The van der Waals surface area contributed by atoms with Crippen LogP contribution >= 0.6 is 0 Å². The van der Waals surface area contributed by atoms with Gasteiger partial charge < -0.3 is 19.4 Å². The number of carbonyl (C=O) groups excluding carboxylic acids is 1. The molecule has 1 aromatic carbocycles. The van der Waals surface area contributed by atoms with Gasteiger partial charge in [-0.15, -0.1) is 10.2 Å². The molecule has 0 fully saturated rings. The third-order valence-corrected chi connectivity index (χ3v) is 5.33. The van der Waals surface area contributed by atoms with Crippen LogP contribution in [0, 0.1) is 6.92 Å². The molecular weight excluding hydrogens is 370 g/mol. The lowest BCUT2D eigenvalue weighted by molar-refractivity contribution is 0.0936. The first-order valence-electron chi connectivity index (χ1n) is 9.78. The number of hydrogen-bond acceptors (Lipinski definition) is 6. The van der Waals surface area contributed by atoms with Crippen LogP contribution in [0.25, 0.3) is 0 Å². The Morgan fingerprint density at radius 3 is 2.72 bits per heavy atom. The minimum atomic E-state index is -0.262. The van der Waals surface area contributed by atoms with Crippen molar-refractivity contribution in [3.05, 3.63) is 65.1 Å². The maximum absolute atomic E-state index is 12.5. The number of fused-ring (bicyclic) bond motifs is 1. The summed E-state index contributed by atoms with van der Waals surface area (Å²) in [5.41, 5.74) is 1.70. The second-order valence-corrected chi connectivity index (χ2v) is 7.40. The van der Waals surface area contributed by atoms with Gasteiger partial charge in [-0.25, -0.2) is 0 Å². The minimum Gasteiger partial charge on any atom is -0.508 e. The van der Waals surface area contributed by atoms with Gasteiger partial charge in [-0.2, -0.15) is 0 Å². The fourth-order valence-corrected chi connectivity index (χ4v) is 3.69. The van der Waals surface area contributed by atoms with Crippen molar-refractivity contribution < 1.29 is 14.3 Å². The summed E-state index contributed by atoms with van der Waals surface area (Å²) in [7, 11) is 0. The maximum Gasteiger partial charge on any atom is 0.255 e. The van der Waals surface area contributed by atoms with Crippen molar-refractivity contribution in [2.45, 2.75) is 39.4 Å². The lowest BCUT2D eigenvalue weighted by Crippen LogP contribution is -2.30. The Morgan fingerprint density at radius 1 is 1.21 bits per heavy atom. The third-order valence-electron chi connectivity index (χ3n) is 5.33. The van der Waals surface area contributed by atoms with E-state index in [0.29, 0.717) is 11.3 Å². The van der Waals surface area contributed by atoms with Gasteiger partial charge in [-0.1, -0.05) is 12.1 Å². The second kappa shape index (κ2) is 8.08. The van der Waals surface area contributed by atoms with E-state index in [2.05, 4.69) is 25.0 Å². The molecule has 1 atom stereocenters. The molecule has 4 rings (SSSR count). The third kappa shape index (κ3) is 4.17. The van der Waals surface area contributed by atoms with Crippen LogP contribution in [0.1, 0.15) is 46.3 Å². The van der Waals surface area contributed by atoms with Gasteiger partial charge in [-0.05, 0) is 37.6 Å². The standard InChI is InChI=1S/C21H25N5O3/c1-14(22-21(28)18-8-12-29-15(18)2)20-24-23-19-7-9-25(10-11-26(19)20)13-16-3-5-17(27)6-4-16/h3-6,8,12,14,27H,7,9-11,13H2,1-2H3,(H,22,28). The van der Waals surface area contributed by atoms with Gasteiger partial charge in [0.15, 0.2) is 5.82 Å². The van der Waals surface area contributed by atoms with Gasteiger partial charge >= 0.3 is 0 Å². The fourth-order valence-electron chi connectivity index (χ4n) is 3.69. The van der Waals surface area contributed by atoms with Gasteiger partial charge in [0.2, 0.25) is 0 Å².